The number of carboxylic acid groups (broad SMARTS) is 3. The molecular weight excluding hydrogens is 494 g/mol. The van der Waals surface area contributed by atoms with E-state index in [9.17, 15) is 19.2 Å². The lowest BCUT2D eigenvalue weighted by Gasteiger charge is -2.46. The van der Waals surface area contributed by atoms with Crippen LogP contribution in [0.3, 0.4) is 0 Å². The summed E-state index contributed by atoms with van der Waals surface area (Å²) in [5.41, 5.74) is 0.824. The highest BCUT2D eigenvalue weighted by molar-refractivity contribution is 5.73. The first-order valence-electron chi connectivity index (χ1n) is 11.7. The first kappa shape index (κ1) is 30.1. The molecule has 1 aromatic rings. The van der Waals surface area contributed by atoms with Gasteiger partial charge in [0.1, 0.15) is 24.4 Å². The van der Waals surface area contributed by atoms with E-state index in [1.807, 2.05) is 30.3 Å². The molecule has 2 rings (SSSR count). The number of hydrogen-bond acceptors (Lipinski definition) is 9. The molecule has 1 unspecified atom stereocenters. The lowest BCUT2D eigenvalue weighted by Crippen LogP contribution is -2.66. The second-order valence-corrected chi connectivity index (χ2v) is 8.24. The van der Waals surface area contributed by atoms with Gasteiger partial charge in [-0.25, -0.2) is 0 Å². The van der Waals surface area contributed by atoms with E-state index >= 15 is 0 Å². The summed E-state index contributed by atoms with van der Waals surface area (Å²) in [5.74, 6) is -3.69. The van der Waals surface area contributed by atoms with Crippen molar-refractivity contribution < 1.29 is 58.2 Å². The summed E-state index contributed by atoms with van der Waals surface area (Å²) >= 11 is 0. The Balaban J connectivity index is 2.30. The number of carbonyl (C=O) groups is 4. The van der Waals surface area contributed by atoms with Crippen molar-refractivity contribution in [2.75, 3.05) is 26.4 Å². The highest BCUT2D eigenvalue weighted by Crippen LogP contribution is 2.28. The van der Waals surface area contributed by atoms with Crippen LogP contribution in [-0.4, -0.2) is 96.2 Å². The van der Waals surface area contributed by atoms with E-state index in [1.54, 1.807) is 0 Å². The number of hydrogen-bond donors (Lipinski definition) is 4. The zero-order chi connectivity index (χ0) is 27.2. The number of carbonyl (C=O) groups excluding carboxylic acids is 1. The first-order valence-corrected chi connectivity index (χ1v) is 11.7. The molecule has 0 aliphatic carbocycles. The van der Waals surface area contributed by atoms with Gasteiger partial charge in [0, 0.05) is 6.92 Å². The molecular formula is C24H33NO12. The lowest BCUT2D eigenvalue weighted by molar-refractivity contribution is -0.289. The van der Waals surface area contributed by atoms with Gasteiger partial charge in [-0.1, -0.05) is 30.3 Å². The van der Waals surface area contributed by atoms with Crippen molar-refractivity contribution in [3.05, 3.63) is 35.9 Å². The van der Waals surface area contributed by atoms with Crippen LogP contribution in [0.1, 0.15) is 31.7 Å². The monoisotopic (exact) mass is 527 g/mol. The molecule has 13 heteroatoms. The number of aliphatic carboxylic acids is 3. The van der Waals surface area contributed by atoms with Crippen LogP contribution in [0.5, 0.6) is 0 Å². The Kier molecular flexibility index (Phi) is 12.9. The summed E-state index contributed by atoms with van der Waals surface area (Å²) in [6, 6.07) is 8.23. The molecule has 0 spiro atoms. The minimum atomic E-state index is -1.10. The van der Waals surface area contributed by atoms with Crippen molar-refractivity contribution >= 4 is 23.8 Å². The Bertz CT molecular complexity index is 880. The van der Waals surface area contributed by atoms with Gasteiger partial charge >= 0.3 is 17.9 Å². The van der Waals surface area contributed by atoms with E-state index in [4.69, 9.17) is 39.0 Å². The normalized spacial score (nSPS) is 23.3. The van der Waals surface area contributed by atoms with Crippen LogP contribution in [0, 0.1) is 0 Å². The Morgan fingerprint density at radius 1 is 0.838 bits per heavy atom. The number of rotatable bonds is 17. The predicted molar refractivity (Wildman–Crippen MR) is 125 cm³/mol. The average molecular weight is 528 g/mol. The molecule has 13 nitrogen and oxygen atoms in total. The maximum atomic E-state index is 12.1. The van der Waals surface area contributed by atoms with Crippen molar-refractivity contribution in [3.8, 4) is 0 Å². The standard InChI is InChI=1S/C24H33NO12/c1-15(26)25-21-23(35-12-9-20(31)32)22(34-11-8-19(29)30)17(14-33-10-7-18(27)28)37-24(21)36-13-16-5-3-2-4-6-16/h2-6,17,21-24H,7-14H2,1H3,(H,25,26)(H,27,28)(H,29,30)(H,31,32)/t17-,21-,22-,23-,24?/m1/s1. The summed E-state index contributed by atoms with van der Waals surface area (Å²) in [5, 5.41) is 29.7. The minimum Gasteiger partial charge on any atom is -0.481 e. The second kappa shape index (κ2) is 15.9. The van der Waals surface area contributed by atoms with E-state index in [0.717, 1.165) is 5.56 Å². The molecule has 0 bridgehead atoms. The molecule has 4 N–H and O–H groups in total. The number of ether oxygens (including phenoxy) is 5. The van der Waals surface area contributed by atoms with E-state index in [2.05, 4.69) is 5.32 Å². The smallest absolute Gasteiger partial charge is 0.305 e. The SMILES string of the molecule is CC(=O)N[C@H]1C(OCc2ccccc2)O[C@H](COCCC(=O)O)[C@@H](OCCC(=O)O)[C@@H]1OCCC(=O)O. The van der Waals surface area contributed by atoms with Crippen LogP contribution >= 0.6 is 0 Å². The first-order chi connectivity index (χ1) is 17.7. The summed E-state index contributed by atoms with van der Waals surface area (Å²) in [7, 11) is 0. The van der Waals surface area contributed by atoms with Crippen molar-refractivity contribution in [2.45, 2.75) is 63.4 Å². The number of amides is 1. The third-order valence-electron chi connectivity index (χ3n) is 5.27. The molecule has 0 aromatic heterocycles. The molecule has 1 amide bonds. The Morgan fingerprint density at radius 2 is 1.41 bits per heavy atom. The lowest BCUT2D eigenvalue weighted by atomic mass is 9.96. The topological polar surface area (TPSA) is 187 Å². The Hall–Kier alpha value is -3.10. The van der Waals surface area contributed by atoms with Gasteiger partial charge in [-0.2, -0.15) is 0 Å². The summed E-state index contributed by atoms with van der Waals surface area (Å²) in [6.45, 7) is 0.668. The maximum Gasteiger partial charge on any atom is 0.305 e. The van der Waals surface area contributed by atoms with Gasteiger partial charge in [0.05, 0.1) is 52.3 Å². The molecule has 5 atom stereocenters. The highest BCUT2D eigenvalue weighted by Gasteiger charge is 2.48. The number of nitrogens with one attached hydrogen (secondary N) is 1. The molecule has 0 radical (unpaired) electrons. The van der Waals surface area contributed by atoms with Crippen LogP contribution < -0.4 is 5.32 Å². The quantitative estimate of drug-likeness (QED) is 0.207. The average Bonchev–Trinajstić information content (AvgIpc) is 2.83. The van der Waals surface area contributed by atoms with Crippen LogP contribution in [-0.2, 0) is 49.5 Å². The fourth-order valence-corrected chi connectivity index (χ4v) is 3.64. The van der Waals surface area contributed by atoms with Crippen LogP contribution in [0.15, 0.2) is 30.3 Å². The van der Waals surface area contributed by atoms with Gasteiger partial charge < -0.3 is 44.3 Å². The van der Waals surface area contributed by atoms with Gasteiger partial charge in [-0.05, 0) is 5.56 Å². The van der Waals surface area contributed by atoms with Crippen LogP contribution in [0.25, 0.3) is 0 Å². The fraction of sp³-hybridized carbons (Fsp3) is 0.583. The van der Waals surface area contributed by atoms with Crippen LogP contribution in [0.2, 0.25) is 0 Å². The third-order valence-corrected chi connectivity index (χ3v) is 5.27. The van der Waals surface area contributed by atoms with Gasteiger partial charge in [0.25, 0.3) is 0 Å². The van der Waals surface area contributed by atoms with Crippen LogP contribution in [0.4, 0.5) is 0 Å². The van der Waals surface area contributed by atoms with Gasteiger partial charge in [0.15, 0.2) is 6.29 Å². The summed E-state index contributed by atoms with van der Waals surface area (Å²) in [6.07, 6.45) is -4.90. The predicted octanol–water partition coefficient (Wildman–Crippen LogP) is 0.644. The minimum absolute atomic E-state index is 0.112. The fourth-order valence-electron chi connectivity index (χ4n) is 3.64. The number of benzene rings is 1. The van der Waals surface area contributed by atoms with E-state index in [-0.39, 0.29) is 52.3 Å². The maximum absolute atomic E-state index is 12.1. The third kappa shape index (κ3) is 11.2. The molecule has 1 fully saturated rings. The molecule has 37 heavy (non-hydrogen) atoms. The highest BCUT2D eigenvalue weighted by atomic mass is 16.7. The largest absolute Gasteiger partial charge is 0.481 e. The molecule has 1 saturated heterocycles. The molecule has 1 aliphatic heterocycles. The van der Waals surface area contributed by atoms with E-state index < -0.39 is 54.5 Å². The van der Waals surface area contributed by atoms with Gasteiger partial charge in [-0.15, -0.1) is 0 Å². The molecule has 1 aliphatic rings. The van der Waals surface area contributed by atoms with E-state index in [0.29, 0.717) is 0 Å². The molecule has 1 aromatic carbocycles. The zero-order valence-corrected chi connectivity index (χ0v) is 20.4. The summed E-state index contributed by atoms with van der Waals surface area (Å²) < 4.78 is 29.2. The zero-order valence-electron chi connectivity index (χ0n) is 20.4. The summed E-state index contributed by atoms with van der Waals surface area (Å²) in [4.78, 5) is 45.0. The van der Waals surface area contributed by atoms with E-state index in [1.165, 1.54) is 6.92 Å². The van der Waals surface area contributed by atoms with Crippen molar-refractivity contribution in [1.29, 1.82) is 0 Å². The molecule has 1 heterocycles. The van der Waals surface area contributed by atoms with Crippen molar-refractivity contribution in [3.63, 3.8) is 0 Å². The second-order valence-electron chi connectivity index (χ2n) is 8.24. The molecule has 206 valence electrons. The van der Waals surface area contributed by atoms with Gasteiger partial charge in [-0.3, -0.25) is 19.2 Å². The van der Waals surface area contributed by atoms with Crippen molar-refractivity contribution in [2.24, 2.45) is 0 Å². The Labute approximate surface area is 213 Å². The van der Waals surface area contributed by atoms with Gasteiger partial charge in [0.2, 0.25) is 5.91 Å². The van der Waals surface area contributed by atoms with Crippen molar-refractivity contribution in [1.82, 2.24) is 5.32 Å². The number of carboxylic acids is 3. The molecule has 0 saturated carbocycles. The Morgan fingerprint density at radius 3 is 1.97 bits per heavy atom.